The number of hydrogen-bond acceptors (Lipinski definition) is 5. The fraction of sp³-hybridized carbons (Fsp3) is 0.125. The predicted molar refractivity (Wildman–Crippen MR) is 128 cm³/mol. The van der Waals surface area contributed by atoms with Crippen LogP contribution in [0.5, 0.6) is 5.75 Å². The molecule has 0 atom stereocenters. The Hall–Kier alpha value is -4.02. The molecule has 4 rings (SSSR count). The number of ether oxygens (including phenoxy) is 1. The molecule has 0 saturated heterocycles. The van der Waals surface area contributed by atoms with Gasteiger partial charge >= 0.3 is 5.69 Å². The van der Waals surface area contributed by atoms with Gasteiger partial charge in [-0.25, -0.2) is 13.6 Å². The number of aromatic nitrogens is 3. The lowest BCUT2D eigenvalue weighted by Crippen LogP contribution is -2.17. The number of nitrogens with one attached hydrogen (secondary N) is 2. The maximum atomic E-state index is 13.0. The van der Waals surface area contributed by atoms with Crippen molar-refractivity contribution in [3.05, 3.63) is 92.9 Å². The fourth-order valence-electron chi connectivity index (χ4n) is 3.45. The number of nitrogens with zero attached hydrogens (tertiary/aromatic N) is 2. The van der Waals surface area contributed by atoms with E-state index in [1.165, 1.54) is 49.6 Å². The van der Waals surface area contributed by atoms with Gasteiger partial charge in [0.2, 0.25) is 0 Å². The van der Waals surface area contributed by atoms with Gasteiger partial charge in [-0.05, 0) is 42.0 Å². The van der Waals surface area contributed by atoms with Crippen LogP contribution in [-0.2, 0) is 6.54 Å². The Labute approximate surface area is 203 Å². The molecule has 1 amide bonds. The lowest BCUT2D eigenvalue weighted by atomic mass is 10.1. The Morgan fingerprint density at radius 1 is 1.20 bits per heavy atom. The molecule has 4 aromatic rings. The summed E-state index contributed by atoms with van der Waals surface area (Å²) in [5.74, 6) is -0.167. The molecule has 11 heteroatoms. The molecule has 35 heavy (non-hydrogen) atoms. The number of carbonyl (C=O) groups is 1. The summed E-state index contributed by atoms with van der Waals surface area (Å²) in [6.45, 7) is 0.294. The third kappa shape index (κ3) is 5.08. The van der Waals surface area contributed by atoms with Crippen molar-refractivity contribution in [3.63, 3.8) is 0 Å². The number of nitrogens with two attached hydrogens (primary N) is 1. The first-order valence-electron chi connectivity index (χ1n) is 10.4. The van der Waals surface area contributed by atoms with Gasteiger partial charge in [-0.1, -0.05) is 29.8 Å². The van der Waals surface area contributed by atoms with E-state index in [1.54, 1.807) is 18.2 Å². The molecule has 0 aliphatic carbocycles. The molecule has 3 aromatic carbocycles. The van der Waals surface area contributed by atoms with Crippen LogP contribution >= 0.6 is 11.6 Å². The molecule has 4 N–H and O–H groups in total. The van der Waals surface area contributed by atoms with Crippen molar-refractivity contribution >= 4 is 23.2 Å². The Morgan fingerprint density at radius 2 is 2.00 bits per heavy atom. The van der Waals surface area contributed by atoms with Gasteiger partial charge in [0.15, 0.2) is 5.82 Å². The summed E-state index contributed by atoms with van der Waals surface area (Å²) in [6, 6.07) is 15.0. The summed E-state index contributed by atoms with van der Waals surface area (Å²) in [4.78, 5) is 28.1. The second kappa shape index (κ2) is 10.1. The van der Waals surface area contributed by atoms with Crippen LogP contribution in [0.1, 0.15) is 27.9 Å². The summed E-state index contributed by atoms with van der Waals surface area (Å²) in [5.41, 5.74) is 6.96. The van der Waals surface area contributed by atoms with Crippen molar-refractivity contribution in [1.29, 1.82) is 0 Å². The number of anilines is 1. The van der Waals surface area contributed by atoms with E-state index in [4.69, 9.17) is 22.1 Å². The van der Waals surface area contributed by atoms with Gasteiger partial charge in [0.25, 0.3) is 12.3 Å². The van der Waals surface area contributed by atoms with Gasteiger partial charge < -0.3 is 15.8 Å². The number of benzene rings is 3. The monoisotopic (exact) mass is 499 g/mol. The number of carbonyl (C=O) groups excluding carboxylic acids is 1. The number of halogens is 3. The zero-order valence-electron chi connectivity index (χ0n) is 18.4. The second-order valence-electron chi connectivity index (χ2n) is 7.47. The standard InChI is InChI=1S/C24H20ClF2N5O3/c1-35-20-11-16(6-7-17(20)23(33)29-15-4-2-3-14(10-15)21(26)27)32-24(34)30-22(31-32)18-9-13(12-28)5-8-19(18)25/h2-11,21H,12,28H2,1H3,(H,29,33)(H,30,31,34). The zero-order chi connectivity index (χ0) is 25.1. The Balaban J connectivity index is 1.65. The van der Waals surface area contributed by atoms with Crippen LogP contribution in [0, 0.1) is 0 Å². The van der Waals surface area contributed by atoms with Gasteiger partial charge in [-0.15, -0.1) is 5.10 Å². The van der Waals surface area contributed by atoms with Gasteiger partial charge in [-0.3, -0.25) is 9.78 Å². The molecule has 0 saturated carbocycles. The van der Waals surface area contributed by atoms with Crippen molar-refractivity contribution in [2.24, 2.45) is 5.73 Å². The largest absolute Gasteiger partial charge is 0.496 e. The minimum Gasteiger partial charge on any atom is -0.496 e. The number of amides is 1. The highest BCUT2D eigenvalue weighted by atomic mass is 35.5. The highest BCUT2D eigenvalue weighted by Crippen LogP contribution is 2.28. The molecule has 0 aliphatic heterocycles. The Morgan fingerprint density at radius 3 is 2.71 bits per heavy atom. The van der Waals surface area contributed by atoms with Crippen LogP contribution in [0.25, 0.3) is 17.1 Å². The van der Waals surface area contributed by atoms with Crippen molar-refractivity contribution in [2.45, 2.75) is 13.0 Å². The second-order valence-corrected chi connectivity index (χ2v) is 7.88. The molecule has 8 nitrogen and oxygen atoms in total. The van der Waals surface area contributed by atoms with Gasteiger partial charge in [-0.2, -0.15) is 4.68 Å². The van der Waals surface area contributed by atoms with Crippen LogP contribution < -0.4 is 21.5 Å². The van der Waals surface area contributed by atoms with Crippen molar-refractivity contribution in [1.82, 2.24) is 14.8 Å². The van der Waals surface area contributed by atoms with E-state index in [1.807, 2.05) is 0 Å². The fourth-order valence-corrected chi connectivity index (χ4v) is 3.66. The van der Waals surface area contributed by atoms with Crippen molar-refractivity contribution in [3.8, 4) is 22.8 Å². The third-order valence-corrected chi connectivity index (χ3v) is 5.54. The first-order valence-corrected chi connectivity index (χ1v) is 10.7. The molecule has 0 spiro atoms. The van der Waals surface area contributed by atoms with E-state index in [0.29, 0.717) is 22.8 Å². The van der Waals surface area contributed by atoms with E-state index in [2.05, 4.69) is 15.4 Å². The average Bonchev–Trinajstić information content (AvgIpc) is 3.25. The molecule has 0 fully saturated rings. The lowest BCUT2D eigenvalue weighted by molar-refractivity contribution is 0.102. The quantitative estimate of drug-likeness (QED) is 0.345. The third-order valence-electron chi connectivity index (χ3n) is 5.21. The normalized spacial score (nSPS) is 11.0. The zero-order valence-corrected chi connectivity index (χ0v) is 19.1. The van der Waals surface area contributed by atoms with Crippen LogP contribution in [0.3, 0.4) is 0 Å². The topological polar surface area (TPSA) is 115 Å². The molecule has 0 bridgehead atoms. The smallest absolute Gasteiger partial charge is 0.348 e. The number of aromatic amines is 1. The molecule has 0 aliphatic rings. The number of hydrogen-bond donors (Lipinski definition) is 3. The van der Waals surface area contributed by atoms with Gasteiger partial charge in [0, 0.05) is 29.4 Å². The molecule has 1 aromatic heterocycles. The summed E-state index contributed by atoms with van der Waals surface area (Å²) in [6.07, 6.45) is -2.66. The van der Waals surface area contributed by atoms with Crippen LogP contribution in [0.4, 0.5) is 14.5 Å². The maximum Gasteiger partial charge on any atom is 0.348 e. The predicted octanol–water partition coefficient (Wildman–Crippen LogP) is 4.54. The molecule has 0 unspecified atom stereocenters. The van der Waals surface area contributed by atoms with E-state index in [-0.39, 0.29) is 28.4 Å². The Kier molecular flexibility index (Phi) is 6.94. The SMILES string of the molecule is COc1cc(-n2nc(-c3cc(CN)ccc3Cl)[nH]c2=O)ccc1C(=O)Nc1cccc(C(F)F)c1. The first kappa shape index (κ1) is 24.1. The van der Waals surface area contributed by atoms with E-state index >= 15 is 0 Å². The summed E-state index contributed by atoms with van der Waals surface area (Å²) in [5, 5.41) is 7.29. The molecule has 1 heterocycles. The molecule has 0 radical (unpaired) electrons. The summed E-state index contributed by atoms with van der Waals surface area (Å²) >= 11 is 6.27. The van der Waals surface area contributed by atoms with Crippen LogP contribution in [-0.4, -0.2) is 27.8 Å². The number of alkyl halides is 2. The highest BCUT2D eigenvalue weighted by molar-refractivity contribution is 6.33. The van der Waals surface area contributed by atoms with Crippen molar-refractivity contribution in [2.75, 3.05) is 12.4 Å². The molecular formula is C24H20ClF2N5O3. The summed E-state index contributed by atoms with van der Waals surface area (Å²) < 4.78 is 32.4. The van der Waals surface area contributed by atoms with Gasteiger partial charge in [0.1, 0.15) is 5.75 Å². The van der Waals surface area contributed by atoms with E-state index in [0.717, 1.165) is 10.2 Å². The Bertz CT molecular complexity index is 1450. The van der Waals surface area contributed by atoms with Crippen molar-refractivity contribution < 1.29 is 18.3 Å². The minimum atomic E-state index is -2.66. The number of H-pyrrole nitrogens is 1. The van der Waals surface area contributed by atoms with E-state index < -0.39 is 18.0 Å². The maximum absolute atomic E-state index is 13.0. The van der Waals surface area contributed by atoms with E-state index in [9.17, 15) is 18.4 Å². The highest BCUT2D eigenvalue weighted by Gasteiger charge is 2.18. The first-order chi connectivity index (χ1) is 16.8. The van der Waals surface area contributed by atoms with Gasteiger partial charge in [0.05, 0.1) is 23.4 Å². The minimum absolute atomic E-state index is 0.140. The summed E-state index contributed by atoms with van der Waals surface area (Å²) in [7, 11) is 1.37. The number of methoxy groups -OCH3 is 1. The van der Waals surface area contributed by atoms with Crippen LogP contribution in [0.15, 0.2) is 65.5 Å². The average molecular weight is 500 g/mol. The van der Waals surface area contributed by atoms with Crippen LogP contribution in [0.2, 0.25) is 5.02 Å². The number of rotatable bonds is 7. The molecule has 180 valence electrons. The lowest BCUT2D eigenvalue weighted by Gasteiger charge is -2.11. The molecular weight excluding hydrogens is 480 g/mol.